The summed E-state index contributed by atoms with van der Waals surface area (Å²) in [5, 5.41) is 8.82. The van der Waals surface area contributed by atoms with Gasteiger partial charge in [0.25, 0.3) is 5.91 Å². The molecule has 1 aromatic heterocycles. The first kappa shape index (κ1) is 21.2. The molecule has 6 nitrogen and oxygen atoms in total. The van der Waals surface area contributed by atoms with Crippen LogP contribution in [-0.4, -0.2) is 27.4 Å². The molecule has 4 rings (SSSR count). The van der Waals surface area contributed by atoms with Crippen LogP contribution in [0.15, 0.2) is 53.9 Å². The summed E-state index contributed by atoms with van der Waals surface area (Å²) in [7, 11) is 0. The fourth-order valence-corrected chi connectivity index (χ4v) is 4.56. The summed E-state index contributed by atoms with van der Waals surface area (Å²) in [5.74, 6) is -0.506. The van der Waals surface area contributed by atoms with Crippen molar-refractivity contribution < 1.29 is 9.59 Å². The van der Waals surface area contributed by atoms with Crippen molar-refractivity contribution in [1.29, 1.82) is 0 Å². The molecular weight excluding hydrogens is 408 g/mol. The molecule has 1 N–H and O–H groups in total. The number of carbonyl (C=O) groups is 2. The van der Waals surface area contributed by atoms with Gasteiger partial charge in [-0.05, 0) is 61.0 Å². The van der Waals surface area contributed by atoms with Crippen LogP contribution in [0.5, 0.6) is 0 Å². The van der Waals surface area contributed by atoms with E-state index < -0.39 is 6.04 Å². The highest BCUT2D eigenvalue weighted by molar-refractivity contribution is 7.03. The Labute approximate surface area is 186 Å². The van der Waals surface area contributed by atoms with Crippen molar-refractivity contribution in [3.05, 3.63) is 76.3 Å². The SMILES string of the molecule is Cc1ccc(C)c(N(C(=O)c2csnn2)[C@H](C(=O)NC2CCCC2)c2ccccc2)c1. The predicted octanol–water partition coefficient (Wildman–Crippen LogP) is 4.60. The zero-order valence-corrected chi connectivity index (χ0v) is 18.6. The highest BCUT2D eigenvalue weighted by Crippen LogP contribution is 2.33. The van der Waals surface area contributed by atoms with Crippen LogP contribution in [-0.2, 0) is 4.79 Å². The number of nitrogens with one attached hydrogen (secondary N) is 1. The van der Waals surface area contributed by atoms with Gasteiger partial charge in [0.05, 0.1) is 0 Å². The maximum absolute atomic E-state index is 13.7. The molecule has 0 saturated heterocycles. The Balaban J connectivity index is 1.83. The normalized spacial score (nSPS) is 14.9. The van der Waals surface area contributed by atoms with E-state index in [0.29, 0.717) is 5.69 Å². The Morgan fingerprint density at radius 2 is 1.84 bits per heavy atom. The summed E-state index contributed by atoms with van der Waals surface area (Å²) in [5.41, 5.74) is 3.62. The van der Waals surface area contributed by atoms with Gasteiger partial charge >= 0.3 is 0 Å². The fraction of sp³-hybridized carbons (Fsp3) is 0.333. The van der Waals surface area contributed by atoms with Gasteiger partial charge in [-0.15, -0.1) is 5.10 Å². The molecule has 1 saturated carbocycles. The summed E-state index contributed by atoms with van der Waals surface area (Å²) in [6.45, 7) is 3.93. The Morgan fingerprint density at radius 1 is 1.10 bits per heavy atom. The summed E-state index contributed by atoms with van der Waals surface area (Å²) in [6.07, 6.45) is 4.18. The van der Waals surface area contributed by atoms with E-state index in [-0.39, 0.29) is 23.6 Å². The number of benzene rings is 2. The Kier molecular flexibility index (Phi) is 6.42. The minimum Gasteiger partial charge on any atom is -0.351 e. The third-order valence-electron chi connectivity index (χ3n) is 5.75. The average molecular weight is 435 g/mol. The van der Waals surface area contributed by atoms with Crippen molar-refractivity contribution in [2.75, 3.05) is 4.90 Å². The second kappa shape index (κ2) is 9.39. The van der Waals surface area contributed by atoms with Crippen molar-refractivity contribution in [3.63, 3.8) is 0 Å². The molecule has 2 amide bonds. The van der Waals surface area contributed by atoms with E-state index in [1.165, 1.54) is 0 Å². The van der Waals surface area contributed by atoms with E-state index >= 15 is 0 Å². The molecule has 160 valence electrons. The number of aromatic nitrogens is 2. The van der Waals surface area contributed by atoms with Crippen LogP contribution in [0.25, 0.3) is 0 Å². The lowest BCUT2D eigenvalue weighted by atomic mass is 10.00. The van der Waals surface area contributed by atoms with E-state index in [9.17, 15) is 9.59 Å². The van der Waals surface area contributed by atoms with Crippen molar-refractivity contribution in [2.45, 2.75) is 51.6 Å². The number of carbonyl (C=O) groups excluding carboxylic acids is 2. The van der Waals surface area contributed by atoms with Gasteiger partial charge < -0.3 is 5.32 Å². The van der Waals surface area contributed by atoms with E-state index in [0.717, 1.165) is 53.9 Å². The van der Waals surface area contributed by atoms with E-state index in [2.05, 4.69) is 14.9 Å². The maximum Gasteiger partial charge on any atom is 0.280 e. The molecule has 1 atom stereocenters. The highest BCUT2D eigenvalue weighted by atomic mass is 32.1. The van der Waals surface area contributed by atoms with E-state index in [1.807, 2.05) is 62.4 Å². The Morgan fingerprint density at radius 3 is 2.52 bits per heavy atom. The zero-order valence-electron chi connectivity index (χ0n) is 17.7. The lowest BCUT2D eigenvalue weighted by Crippen LogP contribution is -2.46. The molecule has 3 aromatic rings. The Hall–Kier alpha value is -3.06. The second-order valence-electron chi connectivity index (χ2n) is 8.06. The first-order valence-electron chi connectivity index (χ1n) is 10.6. The van der Waals surface area contributed by atoms with Crippen LogP contribution in [0.1, 0.15) is 58.9 Å². The lowest BCUT2D eigenvalue weighted by Gasteiger charge is -2.33. The molecule has 0 bridgehead atoms. The molecule has 1 fully saturated rings. The van der Waals surface area contributed by atoms with E-state index in [1.54, 1.807) is 10.3 Å². The molecular formula is C24H26N4O2S. The van der Waals surface area contributed by atoms with Crippen LogP contribution < -0.4 is 10.2 Å². The molecule has 1 aliphatic rings. The molecule has 7 heteroatoms. The summed E-state index contributed by atoms with van der Waals surface area (Å²) in [4.78, 5) is 28.9. The Bertz CT molecular complexity index is 1050. The fourth-order valence-electron chi connectivity index (χ4n) is 4.13. The van der Waals surface area contributed by atoms with Gasteiger partial charge in [-0.2, -0.15) is 0 Å². The van der Waals surface area contributed by atoms with Crippen molar-refractivity contribution >= 4 is 29.0 Å². The van der Waals surface area contributed by atoms with Gasteiger partial charge in [0, 0.05) is 17.1 Å². The van der Waals surface area contributed by atoms with Gasteiger partial charge in [0.15, 0.2) is 5.69 Å². The smallest absolute Gasteiger partial charge is 0.280 e. The highest BCUT2D eigenvalue weighted by Gasteiger charge is 2.36. The third kappa shape index (κ3) is 4.66. The van der Waals surface area contributed by atoms with Gasteiger partial charge in [-0.3, -0.25) is 14.5 Å². The summed E-state index contributed by atoms with van der Waals surface area (Å²) >= 11 is 1.12. The van der Waals surface area contributed by atoms with Crippen molar-refractivity contribution in [2.24, 2.45) is 0 Å². The number of rotatable bonds is 6. The molecule has 0 radical (unpaired) electrons. The minimum atomic E-state index is -0.809. The standard InChI is InChI=1S/C24H26N4O2S/c1-16-12-13-17(2)21(14-16)28(24(30)20-15-31-27-26-20)22(18-8-4-3-5-9-18)23(29)25-19-10-6-7-11-19/h3-5,8-9,12-15,19,22H,6-7,10-11H2,1-2H3,(H,25,29)/t22-/m0/s1. The second-order valence-corrected chi connectivity index (χ2v) is 8.67. The van der Waals surface area contributed by atoms with Crippen LogP contribution in [0.4, 0.5) is 5.69 Å². The quantitative estimate of drug-likeness (QED) is 0.615. The molecule has 0 unspecified atom stereocenters. The number of amides is 2. The lowest BCUT2D eigenvalue weighted by molar-refractivity contribution is -0.123. The number of anilines is 1. The number of hydrogen-bond acceptors (Lipinski definition) is 5. The maximum atomic E-state index is 13.7. The third-order valence-corrected chi connectivity index (χ3v) is 6.25. The first-order valence-corrected chi connectivity index (χ1v) is 11.4. The van der Waals surface area contributed by atoms with Crippen molar-refractivity contribution in [3.8, 4) is 0 Å². The van der Waals surface area contributed by atoms with Gasteiger partial charge in [0.1, 0.15) is 6.04 Å². The van der Waals surface area contributed by atoms with Crippen LogP contribution in [0.2, 0.25) is 0 Å². The van der Waals surface area contributed by atoms with Gasteiger partial charge in [-0.1, -0.05) is 59.8 Å². The minimum absolute atomic E-state index is 0.148. The molecule has 2 aromatic carbocycles. The zero-order chi connectivity index (χ0) is 21.8. The molecule has 1 heterocycles. The topological polar surface area (TPSA) is 75.2 Å². The largest absolute Gasteiger partial charge is 0.351 e. The first-order chi connectivity index (χ1) is 15.0. The summed E-state index contributed by atoms with van der Waals surface area (Å²) < 4.78 is 3.86. The van der Waals surface area contributed by atoms with Crippen LogP contribution in [0, 0.1) is 13.8 Å². The average Bonchev–Trinajstić information content (AvgIpc) is 3.48. The predicted molar refractivity (Wildman–Crippen MR) is 122 cm³/mol. The van der Waals surface area contributed by atoms with Gasteiger partial charge in [0.2, 0.25) is 5.91 Å². The number of hydrogen-bond donors (Lipinski definition) is 1. The monoisotopic (exact) mass is 434 g/mol. The summed E-state index contributed by atoms with van der Waals surface area (Å²) in [6, 6.07) is 14.7. The van der Waals surface area contributed by atoms with Crippen LogP contribution in [0.3, 0.4) is 0 Å². The molecule has 0 aliphatic heterocycles. The number of aryl methyl sites for hydroxylation is 2. The molecule has 31 heavy (non-hydrogen) atoms. The van der Waals surface area contributed by atoms with Crippen LogP contribution >= 0.6 is 11.5 Å². The van der Waals surface area contributed by atoms with Crippen molar-refractivity contribution in [1.82, 2.24) is 14.9 Å². The number of nitrogens with zero attached hydrogens (tertiary/aromatic N) is 3. The molecule has 0 spiro atoms. The van der Waals surface area contributed by atoms with Gasteiger partial charge in [-0.25, -0.2) is 0 Å². The van der Waals surface area contributed by atoms with E-state index in [4.69, 9.17) is 0 Å². The molecule has 1 aliphatic carbocycles.